The molecule has 1 aromatic carbocycles. The Morgan fingerprint density at radius 2 is 1.92 bits per heavy atom. The molecule has 1 fully saturated rings. The summed E-state index contributed by atoms with van der Waals surface area (Å²) in [4.78, 5) is 25.7. The van der Waals surface area contributed by atoms with Crippen molar-refractivity contribution in [2.24, 2.45) is 5.92 Å². The van der Waals surface area contributed by atoms with Gasteiger partial charge in [-0.3, -0.25) is 4.79 Å². The molecule has 1 aromatic heterocycles. The third-order valence-electron chi connectivity index (χ3n) is 4.51. The predicted molar refractivity (Wildman–Crippen MR) is 89.2 cm³/mol. The second-order valence-electron chi connectivity index (χ2n) is 6.43. The summed E-state index contributed by atoms with van der Waals surface area (Å²) in [7, 11) is 0. The maximum absolute atomic E-state index is 12.7. The van der Waals surface area contributed by atoms with Crippen LogP contribution in [0.4, 0.5) is 0 Å². The number of carboxylic acids is 1. The summed E-state index contributed by atoms with van der Waals surface area (Å²) in [5, 5.41) is 13.7. The number of nitrogens with zero attached hydrogens (tertiary/aromatic N) is 3. The Balaban J connectivity index is 1.80. The van der Waals surface area contributed by atoms with Gasteiger partial charge in [-0.2, -0.15) is 5.10 Å². The summed E-state index contributed by atoms with van der Waals surface area (Å²) in [6.07, 6.45) is 3.20. The van der Waals surface area contributed by atoms with Crippen LogP contribution in [-0.2, 0) is 4.79 Å². The summed E-state index contributed by atoms with van der Waals surface area (Å²) >= 11 is 0. The zero-order valence-electron chi connectivity index (χ0n) is 13.8. The average Bonchev–Trinajstić information content (AvgIpc) is 3.01. The van der Waals surface area contributed by atoms with Crippen molar-refractivity contribution >= 4 is 11.9 Å². The first-order valence-electron chi connectivity index (χ1n) is 8.12. The van der Waals surface area contributed by atoms with Crippen molar-refractivity contribution in [3.05, 3.63) is 47.8 Å². The van der Waals surface area contributed by atoms with Crippen LogP contribution >= 0.6 is 0 Å². The van der Waals surface area contributed by atoms with Crippen LogP contribution in [-0.4, -0.2) is 44.3 Å². The molecule has 0 radical (unpaired) electrons. The number of hydrogen-bond donors (Lipinski definition) is 1. The summed E-state index contributed by atoms with van der Waals surface area (Å²) in [6.45, 7) is 4.42. The summed E-state index contributed by atoms with van der Waals surface area (Å²) < 4.78 is 1.74. The molecule has 126 valence electrons. The molecule has 0 aliphatic carbocycles. The molecular weight excluding hydrogens is 306 g/mol. The van der Waals surface area contributed by atoms with Crippen molar-refractivity contribution in [2.45, 2.75) is 32.7 Å². The highest BCUT2D eigenvalue weighted by Gasteiger charge is 2.35. The summed E-state index contributed by atoms with van der Waals surface area (Å²) in [5.41, 5.74) is 2.28. The Hall–Kier alpha value is -2.63. The second-order valence-corrected chi connectivity index (χ2v) is 6.43. The largest absolute Gasteiger partial charge is 0.480 e. The molecule has 1 amide bonds. The number of carbonyl (C=O) groups excluding carboxylic acids is 1. The minimum absolute atomic E-state index is 0.225. The van der Waals surface area contributed by atoms with E-state index in [1.54, 1.807) is 16.8 Å². The van der Waals surface area contributed by atoms with Gasteiger partial charge in [-0.15, -0.1) is 0 Å². The second kappa shape index (κ2) is 6.47. The van der Waals surface area contributed by atoms with Crippen molar-refractivity contribution < 1.29 is 14.7 Å². The number of benzene rings is 1. The fourth-order valence-corrected chi connectivity index (χ4v) is 3.10. The van der Waals surface area contributed by atoms with E-state index in [1.165, 1.54) is 4.90 Å². The van der Waals surface area contributed by atoms with Gasteiger partial charge in [0.2, 0.25) is 0 Å². The minimum Gasteiger partial charge on any atom is -0.480 e. The molecule has 2 atom stereocenters. The lowest BCUT2D eigenvalue weighted by molar-refractivity contribution is -0.144. The molecule has 0 saturated carbocycles. The number of likely N-dealkylation sites (tertiary alicyclic amines) is 1. The van der Waals surface area contributed by atoms with Crippen LogP contribution in [0, 0.1) is 12.8 Å². The van der Waals surface area contributed by atoms with Crippen molar-refractivity contribution in [3.63, 3.8) is 0 Å². The first kappa shape index (κ1) is 16.2. The van der Waals surface area contributed by atoms with Crippen LogP contribution in [0.3, 0.4) is 0 Å². The molecule has 6 heteroatoms. The van der Waals surface area contributed by atoms with Gasteiger partial charge in [-0.1, -0.05) is 6.92 Å². The zero-order chi connectivity index (χ0) is 17.3. The molecule has 2 heterocycles. The smallest absolute Gasteiger partial charge is 0.326 e. The van der Waals surface area contributed by atoms with Crippen LogP contribution in [0.25, 0.3) is 5.69 Å². The van der Waals surface area contributed by atoms with Gasteiger partial charge >= 0.3 is 5.97 Å². The number of carboxylic acid groups (broad SMARTS) is 1. The Morgan fingerprint density at radius 3 is 2.50 bits per heavy atom. The molecule has 0 bridgehead atoms. The lowest BCUT2D eigenvalue weighted by Crippen LogP contribution is -2.49. The third kappa shape index (κ3) is 3.18. The van der Waals surface area contributed by atoms with Crippen LogP contribution in [0.5, 0.6) is 0 Å². The summed E-state index contributed by atoms with van der Waals surface area (Å²) in [5.74, 6) is -0.836. The molecule has 1 aliphatic rings. The molecule has 6 nitrogen and oxygen atoms in total. The molecule has 1 aliphatic heterocycles. The van der Waals surface area contributed by atoms with Crippen LogP contribution in [0.15, 0.2) is 36.5 Å². The molecule has 2 aromatic rings. The number of carbonyl (C=O) groups is 2. The van der Waals surface area contributed by atoms with Crippen molar-refractivity contribution in [1.82, 2.24) is 14.7 Å². The zero-order valence-corrected chi connectivity index (χ0v) is 13.8. The first-order chi connectivity index (χ1) is 11.5. The van der Waals surface area contributed by atoms with Gasteiger partial charge in [0.1, 0.15) is 6.04 Å². The Labute approximate surface area is 140 Å². The van der Waals surface area contributed by atoms with Gasteiger partial charge in [0.05, 0.1) is 11.4 Å². The lowest BCUT2D eigenvalue weighted by atomic mass is 9.92. The third-order valence-corrected chi connectivity index (χ3v) is 4.51. The highest BCUT2D eigenvalue weighted by atomic mass is 16.4. The predicted octanol–water partition coefficient (Wildman–Crippen LogP) is 2.51. The number of amides is 1. The Bertz CT molecular complexity index is 751. The number of hydrogen-bond acceptors (Lipinski definition) is 3. The minimum atomic E-state index is -0.932. The van der Waals surface area contributed by atoms with E-state index in [0.29, 0.717) is 24.4 Å². The quantitative estimate of drug-likeness (QED) is 0.940. The van der Waals surface area contributed by atoms with Gasteiger partial charge < -0.3 is 10.0 Å². The van der Waals surface area contributed by atoms with E-state index in [0.717, 1.165) is 17.8 Å². The highest BCUT2D eigenvalue weighted by molar-refractivity contribution is 5.96. The standard InChI is InChI=1S/C18H21N3O3/c1-12-7-9-20(16(11-12)18(23)24)17(22)14-3-5-15(6-4-14)21-10-8-13(2)19-21/h3-6,8,10,12,16H,7,9,11H2,1-2H3,(H,23,24). The van der Waals surface area contributed by atoms with Crippen LogP contribution < -0.4 is 0 Å². The van der Waals surface area contributed by atoms with Crippen LogP contribution in [0.2, 0.25) is 0 Å². The van der Waals surface area contributed by atoms with Gasteiger partial charge in [-0.05, 0) is 56.0 Å². The van der Waals surface area contributed by atoms with E-state index in [4.69, 9.17) is 0 Å². The molecule has 2 unspecified atom stereocenters. The van der Waals surface area contributed by atoms with E-state index in [1.807, 2.05) is 38.2 Å². The lowest BCUT2D eigenvalue weighted by Gasteiger charge is -2.36. The fraction of sp³-hybridized carbons (Fsp3) is 0.389. The Morgan fingerprint density at radius 1 is 1.21 bits per heavy atom. The SMILES string of the molecule is Cc1ccn(-c2ccc(C(=O)N3CCC(C)CC3C(=O)O)cc2)n1. The molecule has 24 heavy (non-hydrogen) atoms. The highest BCUT2D eigenvalue weighted by Crippen LogP contribution is 2.24. The summed E-state index contributed by atoms with van der Waals surface area (Å²) in [6, 6.07) is 8.27. The number of aryl methyl sites for hydroxylation is 1. The normalized spacial score (nSPS) is 20.8. The number of aliphatic carboxylic acids is 1. The van der Waals surface area contributed by atoms with Crippen molar-refractivity contribution in [2.75, 3.05) is 6.54 Å². The molecule has 0 spiro atoms. The monoisotopic (exact) mass is 327 g/mol. The average molecular weight is 327 g/mol. The van der Waals surface area contributed by atoms with E-state index in [2.05, 4.69) is 5.10 Å². The maximum Gasteiger partial charge on any atom is 0.326 e. The first-order valence-corrected chi connectivity index (χ1v) is 8.12. The maximum atomic E-state index is 12.7. The van der Waals surface area contributed by atoms with Crippen LogP contribution in [0.1, 0.15) is 35.8 Å². The molecule has 1 N–H and O–H groups in total. The van der Waals surface area contributed by atoms with E-state index >= 15 is 0 Å². The van der Waals surface area contributed by atoms with Gasteiger partial charge in [-0.25, -0.2) is 9.48 Å². The van der Waals surface area contributed by atoms with E-state index in [9.17, 15) is 14.7 Å². The van der Waals surface area contributed by atoms with Gasteiger partial charge in [0, 0.05) is 18.3 Å². The number of rotatable bonds is 3. The Kier molecular flexibility index (Phi) is 4.38. The molecule has 3 rings (SSSR count). The van der Waals surface area contributed by atoms with Gasteiger partial charge in [0.15, 0.2) is 0 Å². The van der Waals surface area contributed by atoms with Crippen molar-refractivity contribution in [1.29, 1.82) is 0 Å². The number of aromatic nitrogens is 2. The topological polar surface area (TPSA) is 75.4 Å². The number of piperidine rings is 1. The van der Waals surface area contributed by atoms with E-state index in [-0.39, 0.29) is 5.91 Å². The molecular formula is C18H21N3O3. The van der Waals surface area contributed by atoms with Gasteiger partial charge in [0.25, 0.3) is 5.91 Å². The van der Waals surface area contributed by atoms with E-state index < -0.39 is 12.0 Å². The van der Waals surface area contributed by atoms with Crippen molar-refractivity contribution in [3.8, 4) is 5.69 Å². The molecule has 1 saturated heterocycles. The fourth-order valence-electron chi connectivity index (χ4n) is 3.10.